The van der Waals surface area contributed by atoms with E-state index in [9.17, 15) is 4.79 Å². The van der Waals surface area contributed by atoms with Crippen LogP contribution in [0.25, 0.3) is 0 Å². The van der Waals surface area contributed by atoms with Gasteiger partial charge < -0.3 is 10.6 Å². The first-order valence-corrected chi connectivity index (χ1v) is 6.32. The number of fused-ring (bicyclic) bond motifs is 1. The molecule has 1 aliphatic rings. The maximum absolute atomic E-state index is 11.6. The number of hydrogen-bond acceptors (Lipinski definition) is 3. The maximum atomic E-state index is 11.6. The zero-order valence-corrected chi connectivity index (χ0v) is 10.8. The molecular weight excluding hydrogens is 228 g/mol. The number of carbonyl (C=O) groups excluding carboxylic acids is 1. The topological polar surface area (TPSA) is 64.2 Å². The second-order valence-corrected chi connectivity index (χ2v) is 4.81. The van der Waals surface area contributed by atoms with E-state index in [1.807, 2.05) is 16.5 Å². The molecule has 1 atom stereocenters. The van der Waals surface area contributed by atoms with Crippen molar-refractivity contribution in [3.63, 3.8) is 0 Å². The fourth-order valence-corrected chi connectivity index (χ4v) is 2.27. The van der Waals surface area contributed by atoms with Gasteiger partial charge in [-0.1, -0.05) is 6.58 Å². The van der Waals surface area contributed by atoms with Gasteiger partial charge in [0.05, 0.1) is 12.2 Å². The summed E-state index contributed by atoms with van der Waals surface area (Å²) in [5.41, 5.74) is 8.01. The summed E-state index contributed by atoms with van der Waals surface area (Å²) in [5, 5.41) is 4.54. The van der Waals surface area contributed by atoms with Gasteiger partial charge in [-0.15, -0.1) is 0 Å². The summed E-state index contributed by atoms with van der Waals surface area (Å²) in [6, 6.07) is 2.23. The van der Waals surface area contributed by atoms with Gasteiger partial charge in [-0.25, -0.2) is 0 Å². The van der Waals surface area contributed by atoms with Crippen molar-refractivity contribution < 1.29 is 4.79 Å². The molecule has 0 aromatic carbocycles. The number of carbonyl (C=O) groups is 1. The lowest BCUT2D eigenvalue weighted by atomic mass is 10.2. The summed E-state index contributed by atoms with van der Waals surface area (Å²) >= 11 is 0. The van der Waals surface area contributed by atoms with E-state index in [1.54, 1.807) is 0 Å². The quantitative estimate of drug-likeness (QED) is 0.785. The second-order valence-electron chi connectivity index (χ2n) is 4.81. The first-order valence-electron chi connectivity index (χ1n) is 6.32. The average molecular weight is 248 g/mol. The zero-order chi connectivity index (χ0) is 13.1. The van der Waals surface area contributed by atoms with Gasteiger partial charge in [0.1, 0.15) is 0 Å². The molecule has 2 N–H and O–H groups in total. The molecule has 1 aromatic heterocycles. The Balaban J connectivity index is 2.07. The highest BCUT2D eigenvalue weighted by atomic mass is 16.2. The van der Waals surface area contributed by atoms with Gasteiger partial charge >= 0.3 is 0 Å². The van der Waals surface area contributed by atoms with Crippen molar-refractivity contribution in [2.75, 3.05) is 13.1 Å². The summed E-state index contributed by atoms with van der Waals surface area (Å²) < 4.78 is 1.99. The minimum Gasteiger partial charge on any atom is -0.337 e. The molecule has 98 valence electrons. The molecule has 1 aromatic rings. The van der Waals surface area contributed by atoms with E-state index < -0.39 is 0 Å². The molecule has 5 heteroatoms. The first kappa shape index (κ1) is 12.8. The van der Waals surface area contributed by atoms with Crippen molar-refractivity contribution in [1.29, 1.82) is 0 Å². The van der Waals surface area contributed by atoms with E-state index in [0.717, 1.165) is 31.6 Å². The van der Waals surface area contributed by atoms with Gasteiger partial charge in [0.15, 0.2) is 0 Å². The third kappa shape index (κ3) is 2.79. The van der Waals surface area contributed by atoms with Gasteiger partial charge in [0.25, 0.3) is 0 Å². The molecule has 1 amide bonds. The van der Waals surface area contributed by atoms with Crippen LogP contribution in [0.5, 0.6) is 0 Å². The van der Waals surface area contributed by atoms with Crippen molar-refractivity contribution in [2.45, 2.75) is 32.4 Å². The van der Waals surface area contributed by atoms with E-state index in [-0.39, 0.29) is 11.9 Å². The number of nitrogens with zero attached hydrogens (tertiary/aromatic N) is 3. The minimum atomic E-state index is -0.00319. The van der Waals surface area contributed by atoms with Crippen LogP contribution in [0.2, 0.25) is 0 Å². The molecule has 0 aliphatic carbocycles. The zero-order valence-electron chi connectivity index (χ0n) is 10.8. The molecule has 0 bridgehead atoms. The third-order valence-corrected chi connectivity index (χ3v) is 3.15. The molecule has 0 radical (unpaired) electrons. The lowest BCUT2D eigenvalue weighted by Gasteiger charge is -2.17. The summed E-state index contributed by atoms with van der Waals surface area (Å²) in [5.74, 6) is -0.00319. The largest absolute Gasteiger partial charge is 0.337 e. The smallest absolute Gasteiger partial charge is 0.246 e. The maximum Gasteiger partial charge on any atom is 0.246 e. The molecule has 2 heterocycles. The normalized spacial score (nSPS) is 16.9. The van der Waals surface area contributed by atoms with Crippen LogP contribution >= 0.6 is 0 Å². The Bertz CT molecular complexity index is 424. The highest BCUT2D eigenvalue weighted by Gasteiger charge is 2.18. The fraction of sp³-hybridized carbons (Fsp3) is 0.538. The summed E-state index contributed by atoms with van der Waals surface area (Å²) in [6.07, 6.45) is 3.01. The Kier molecular flexibility index (Phi) is 3.81. The minimum absolute atomic E-state index is 0.00319. The highest BCUT2D eigenvalue weighted by molar-refractivity contribution is 5.87. The summed E-state index contributed by atoms with van der Waals surface area (Å²) in [4.78, 5) is 13.4. The predicted molar refractivity (Wildman–Crippen MR) is 70.1 cm³/mol. The second kappa shape index (κ2) is 5.35. The standard InChI is InChI=1S/C13H20N4O/c1-3-13(18)16-5-4-12-9-11(8-10(2)14)15-17(12)7-6-16/h3,9-10H,1,4-8,14H2,2H3. The molecule has 0 saturated heterocycles. The van der Waals surface area contributed by atoms with Crippen molar-refractivity contribution in [1.82, 2.24) is 14.7 Å². The third-order valence-electron chi connectivity index (χ3n) is 3.15. The highest BCUT2D eigenvalue weighted by Crippen LogP contribution is 2.12. The van der Waals surface area contributed by atoms with E-state index >= 15 is 0 Å². The molecule has 0 saturated carbocycles. The SMILES string of the molecule is C=CC(=O)N1CCc2cc(CC(C)N)nn2CC1. The fourth-order valence-electron chi connectivity index (χ4n) is 2.27. The van der Waals surface area contributed by atoms with Crippen LogP contribution in [0.4, 0.5) is 0 Å². The van der Waals surface area contributed by atoms with E-state index in [4.69, 9.17) is 5.73 Å². The van der Waals surface area contributed by atoms with Crippen LogP contribution in [0.3, 0.4) is 0 Å². The van der Waals surface area contributed by atoms with E-state index in [1.165, 1.54) is 11.8 Å². The van der Waals surface area contributed by atoms with Crippen LogP contribution in [-0.2, 0) is 24.2 Å². The van der Waals surface area contributed by atoms with Crippen LogP contribution in [-0.4, -0.2) is 39.7 Å². The molecule has 0 spiro atoms. The molecule has 0 fully saturated rings. The lowest BCUT2D eigenvalue weighted by molar-refractivity contribution is -0.126. The van der Waals surface area contributed by atoms with Crippen LogP contribution in [0.1, 0.15) is 18.3 Å². The number of hydrogen-bond donors (Lipinski definition) is 1. The van der Waals surface area contributed by atoms with Crippen molar-refractivity contribution >= 4 is 5.91 Å². The Morgan fingerprint density at radius 1 is 1.61 bits per heavy atom. The van der Waals surface area contributed by atoms with E-state index in [0.29, 0.717) is 6.54 Å². The van der Waals surface area contributed by atoms with Gasteiger partial charge in [0, 0.05) is 37.7 Å². The van der Waals surface area contributed by atoms with Crippen molar-refractivity contribution in [2.24, 2.45) is 5.73 Å². The van der Waals surface area contributed by atoms with Gasteiger partial charge in [-0.2, -0.15) is 5.10 Å². The predicted octanol–water partition coefficient (Wildman–Crippen LogP) is 0.343. The van der Waals surface area contributed by atoms with Crippen molar-refractivity contribution in [3.05, 3.63) is 30.1 Å². The van der Waals surface area contributed by atoms with Gasteiger partial charge in [-0.3, -0.25) is 9.48 Å². The van der Waals surface area contributed by atoms with E-state index in [2.05, 4.69) is 17.7 Å². The summed E-state index contributed by atoms with van der Waals surface area (Å²) in [6.45, 7) is 7.67. The van der Waals surface area contributed by atoms with Gasteiger partial charge in [0.2, 0.25) is 5.91 Å². The Morgan fingerprint density at radius 2 is 2.39 bits per heavy atom. The average Bonchev–Trinajstić information content (AvgIpc) is 2.59. The number of aromatic nitrogens is 2. The van der Waals surface area contributed by atoms with Crippen LogP contribution in [0, 0.1) is 0 Å². The van der Waals surface area contributed by atoms with Crippen molar-refractivity contribution in [3.8, 4) is 0 Å². The molecule has 18 heavy (non-hydrogen) atoms. The first-order chi connectivity index (χ1) is 8.60. The Hall–Kier alpha value is -1.62. The van der Waals surface area contributed by atoms with Gasteiger partial charge in [-0.05, 0) is 19.1 Å². The Labute approximate surface area is 107 Å². The molecule has 5 nitrogen and oxygen atoms in total. The molecule has 1 aliphatic heterocycles. The molecular formula is C13H20N4O. The molecule has 1 unspecified atom stereocenters. The number of nitrogens with two attached hydrogens (primary N) is 1. The number of amides is 1. The van der Waals surface area contributed by atoms with Crippen LogP contribution < -0.4 is 5.73 Å². The lowest BCUT2D eigenvalue weighted by Crippen LogP contribution is -2.32. The monoisotopic (exact) mass is 248 g/mol. The molecule has 2 rings (SSSR count). The Morgan fingerprint density at radius 3 is 3.06 bits per heavy atom. The number of rotatable bonds is 3. The van der Waals surface area contributed by atoms with Crippen LogP contribution in [0.15, 0.2) is 18.7 Å². The summed E-state index contributed by atoms with van der Waals surface area (Å²) in [7, 11) is 0.